The minimum atomic E-state index is -3.12. The number of hydrogen-bond donors (Lipinski definition) is 0. The third-order valence-electron chi connectivity index (χ3n) is 5.73. The number of nitrogens with zero attached hydrogens (tertiary/aromatic N) is 1. The molecule has 1 atom stereocenters. The maximum atomic E-state index is 11.6. The summed E-state index contributed by atoms with van der Waals surface area (Å²) < 4.78 is 34.6. The Bertz CT molecular complexity index is 663. The summed E-state index contributed by atoms with van der Waals surface area (Å²) in [4.78, 5) is 2.82. The second-order valence-corrected chi connectivity index (χ2v) is 9.39. The summed E-state index contributed by atoms with van der Waals surface area (Å²) in [6.07, 6.45) is 5.62. The molecular formula is C19H29NO4S. The molecule has 0 unspecified atom stereocenters. The lowest BCUT2D eigenvalue weighted by atomic mass is 9.78. The van der Waals surface area contributed by atoms with Gasteiger partial charge in [0.2, 0.25) is 0 Å². The fraction of sp³-hybridized carbons (Fsp3) is 0.684. The maximum Gasteiger partial charge on any atom is 0.175 e. The lowest BCUT2D eigenvalue weighted by molar-refractivity contribution is -0.0721. The summed E-state index contributed by atoms with van der Waals surface area (Å²) in [6.45, 7) is 4.60. The number of sulfone groups is 1. The highest BCUT2D eigenvalue weighted by Gasteiger charge is 2.45. The van der Waals surface area contributed by atoms with Crippen LogP contribution in [0.15, 0.2) is 29.2 Å². The highest BCUT2D eigenvalue weighted by molar-refractivity contribution is 7.90. The van der Waals surface area contributed by atoms with Gasteiger partial charge in [-0.15, -0.1) is 0 Å². The number of piperidine rings is 1. The molecule has 0 radical (unpaired) electrons. The smallest absolute Gasteiger partial charge is 0.175 e. The van der Waals surface area contributed by atoms with Crippen LogP contribution in [0.2, 0.25) is 0 Å². The number of hydrogen-bond acceptors (Lipinski definition) is 5. The molecule has 1 aromatic rings. The Balaban J connectivity index is 1.56. The van der Waals surface area contributed by atoms with Gasteiger partial charge in [0.15, 0.2) is 9.84 Å². The van der Waals surface area contributed by atoms with E-state index in [1.165, 1.54) is 6.26 Å². The zero-order valence-electron chi connectivity index (χ0n) is 15.2. The Morgan fingerprint density at radius 1 is 1.24 bits per heavy atom. The quantitative estimate of drug-likeness (QED) is 0.773. The normalized spacial score (nSPS) is 24.0. The summed E-state index contributed by atoms with van der Waals surface area (Å²) in [6, 6.07) is 7.26. The number of rotatable bonds is 6. The molecule has 6 heteroatoms. The number of ether oxygens (including phenoxy) is 2. The van der Waals surface area contributed by atoms with E-state index in [9.17, 15) is 8.42 Å². The predicted molar refractivity (Wildman–Crippen MR) is 97.3 cm³/mol. The first kappa shape index (κ1) is 18.8. The van der Waals surface area contributed by atoms with Crippen molar-refractivity contribution in [1.82, 2.24) is 4.90 Å². The van der Waals surface area contributed by atoms with Crippen LogP contribution < -0.4 is 0 Å². The SMILES string of the molecule is COCC[C@H]1CCOC12CCN(Cc1ccc(S(C)(=O)=O)cc1)CC2. The number of methoxy groups -OCH3 is 1. The van der Waals surface area contributed by atoms with Gasteiger partial charge in [-0.1, -0.05) is 12.1 Å². The van der Waals surface area contributed by atoms with Gasteiger partial charge in [-0.3, -0.25) is 4.90 Å². The van der Waals surface area contributed by atoms with Crippen LogP contribution in [0, 0.1) is 5.92 Å². The van der Waals surface area contributed by atoms with Crippen molar-refractivity contribution in [2.75, 3.05) is 39.7 Å². The van der Waals surface area contributed by atoms with Crippen molar-refractivity contribution in [3.63, 3.8) is 0 Å². The summed E-state index contributed by atoms with van der Waals surface area (Å²) in [7, 11) is -1.36. The van der Waals surface area contributed by atoms with Gasteiger partial charge in [-0.25, -0.2) is 8.42 Å². The molecule has 1 spiro atoms. The van der Waals surface area contributed by atoms with Gasteiger partial charge in [-0.2, -0.15) is 0 Å². The van der Waals surface area contributed by atoms with Crippen LogP contribution in [0.3, 0.4) is 0 Å². The molecule has 1 aromatic carbocycles. The average Bonchev–Trinajstić information content (AvgIpc) is 2.97. The fourth-order valence-corrected chi connectivity index (χ4v) is 4.83. The van der Waals surface area contributed by atoms with Crippen LogP contribution in [-0.2, 0) is 25.9 Å². The Kier molecular flexibility index (Phi) is 5.83. The van der Waals surface area contributed by atoms with Crippen molar-refractivity contribution >= 4 is 9.84 Å². The van der Waals surface area contributed by atoms with Crippen molar-refractivity contribution in [3.05, 3.63) is 29.8 Å². The average molecular weight is 368 g/mol. The zero-order valence-corrected chi connectivity index (χ0v) is 16.1. The fourth-order valence-electron chi connectivity index (χ4n) is 4.20. The molecule has 0 amide bonds. The minimum absolute atomic E-state index is 0.0508. The van der Waals surface area contributed by atoms with Crippen LogP contribution in [0.25, 0.3) is 0 Å². The topological polar surface area (TPSA) is 55.8 Å². The maximum absolute atomic E-state index is 11.6. The molecule has 3 rings (SSSR count). The highest BCUT2D eigenvalue weighted by Crippen LogP contribution is 2.42. The van der Waals surface area contributed by atoms with Crippen molar-refractivity contribution < 1.29 is 17.9 Å². The predicted octanol–water partition coefficient (Wildman–Crippen LogP) is 2.50. The first-order valence-corrected chi connectivity index (χ1v) is 11.0. The van der Waals surface area contributed by atoms with Gasteiger partial charge >= 0.3 is 0 Å². The van der Waals surface area contributed by atoms with Crippen molar-refractivity contribution in [1.29, 1.82) is 0 Å². The second kappa shape index (κ2) is 7.74. The number of benzene rings is 1. The lowest BCUT2D eigenvalue weighted by Crippen LogP contribution is -2.47. The van der Waals surface area contributed by atoms with E-state index in [-0.39, 0.29) is 5.60 Å². The molecule has 2 aliphatic rings. The molecule has 0 aromatic heterocycles. The van der Waals surface area contributed by atoms with Crippen molar-refractivity contribution in [2.24, 2.45) is 5.92 Å². The van der Waals surface area contributed by atoms with E-state index in [0.717, 1.165) is 64.1 Å². The molecule has 5 nitrogen and oxygen atoms in total. The third-order valence-corrected chi connectivity index (χ3v) is 6.86. The van der Waals surface area contributed by atoms with Crippen LogP contribution in [0.1, 0.15) is 31.2 Å². The van der Waals surface area contributed by atoms with E-state index in [4.69, 9.17) is 9.47 Å². The van der Waals surface area contributed by atoms with Crippen LogP contribution in [0.4, 0.5) is 0 Å². The first-order valence-electron chi connectivity index (χ1n) is 9.07. The molecule has 0 bridgehead atoms. The molecule has 2 fully saturated rings. The van der Waals surface area contributed by atoms with E-state index >= 15 is 0 Å². The number of likely N-dealkylation sites (tertiary alicyclic amines) is 1. The third kappa shape index (κ3) is 4.42. The molecule has 25 heavy (non-hydrogen) atoms. The second-order valence-electron chi connectivity index (χ2n) is 7.37. The van der Waals surface area contributed by atoms with E-state index in [1.807, 2.05) is 12.1 Å². The van der Waals surface area contributed by atoms with Gasteiger partial charge in [0.25, 0.3) is 0 Å². The molecular weight excluding hydrogens is 338 g/mol. The standard InChI is InChI=1S/C19H29NO4S/c1-23-13-7-17-8-14-24-19(17)9-11-20(12-10-19)15-16-3-5-18(6-4-16)25(2,21)22/h3-6,17H,7-15H2,1-2H3/t17-/m0/s1. The molecule has 140 valence electrons. The minimum Gasteiger partial charge on any atom is -0.385 e. The molecule has 0 saturated carbocycles. The summed E-state index contributed by atoms with van der Waals surface area (Å²) >= 11 is 0. The van der Waals surface area contributed by atoms with E-state index in [0.29, 0.717) is 10.8 Å². The molecule has 0 aliphatic carbocycles. The summed E-state index contributed by atoms with van der Waals surface area (Å²) in [5, 5.41) is 0. The Hall–Kier alpha value is -0.950. The van der Waals surface area contributed by atoms with Crippen molar-refractivity contribution in [3.8, 4) is 0 Å². The van der Waals surface area contributed by atoms with E-state index in [2.05, 4.69) is 4.90 Å². The lowest BCUT2D eigenvalue weighted by Gasteiger charge is -2.42. The Labute approximate surface area is 151 Å². The van der Waals surface area contributed by atoms with Gasteiger partial charge in [0, 0.05) is 46.2 Å². The summed E-state index contributed by atoms with van der Waals surface area (Å²) in [5.41, 5.74) is 1.21. The zero-order chi connectivity index (χ0) is 17.9. The summed E-state index contributed by atoms with van der Waals surface area (Å²) in [5.74, 6) is 0.614. The highest BCUT2D eigenvalue weighted by atomic mass is 32.2. The Morgan fingerprint density at radius 3 is 2.52 bits per heavy atom. The van der Waals surface area contributed by atoms with Gasteiger partial charge in [0.05, 0.1) is 10.5 Å². The van der Waals surface area contributed by atoms with Crippen LogP contribution in [0.5, 0.6) is 0 Å². The molecule has 2 saturated heterocycles. The largest absolute Gasteiger partial charge is 0.385 e. The monoisotopic (exact) mass is 367 g/mol. The first-order chi connectivity index (χ1) is 11.9. The van der Waals surface area contributed by atoms with E-state index in [1.54, 1.807) is 19.2 Å². The van der Waals surface area contributed by atoms with Gasteiger partial charge in [0.1, 0.15) is 0 Å². The molecule has 2 aliphatic heterocycles. The molecule has 0 N–H and O–H groups in total. The van der Waals surface area contributed by atoms with Crippen molar-refractivity contribution in [2.45, 2.75) is 42.7 Å². The van der Waals surface area contributed by atoms with Crippen LogP contribution in [-0.4, -0.2) is 58.6 Å². The Morgan fingerprint density at radius 2 is 1.92 bits per heavy atom. The van der Waals surface area contributed by atoms with Gasteiger partial charge < -0.3 is 9.47 Å². The van der Waals surface area contributed by atoms with E-state index < -0.39 is 9.84 Å². The molecule has 2 heterocycles. The van der Waals surface area contributed by atoms with Crippen LogP contribution >= 0.6 is 0 Å². The van der Waals surface area contributed by atoms with Gasteiger partial charge in [-0.05, 0) is 49.3 Å².